The molecule has 2 aromatic carbocycles. The SMILES string of the molecule is Cc1ccc(COCc2nn(C)c3c2CN(C(=O)c2ccc(F)cc2)CC3)cc1. The predicted molar refractivity (Wildman–Crippen MR) is 108 cm³/mol. The lowest BCUT2D eigenvalue weighted by molar-refractivity contribution is 0.0728. The third-order valence-corrected chi connectivity index (χ3v) is 5.33. The minimum atomic E-state index is -0.345. The fourth-order valence-electron chi connectivity index (χ4n) is 3.68. The van der Waals surface area contributed by atoms with Crippen LogP contribution in [0.5, 0.6) is 0 Å². The number of ether oxygens (including phenoxy) is 1. The van der Waals surface area contributed by atoms with Gasteiger partial charge in [-0.25, -0.2) is 4.39 Å². The number of halogens is 1. The second kappa shape index (κ2) is 8.17. The van der Waals surface area contributed by atoms with Crippen LogP contribution in [0.4, 0.5) is 4.39 Å². The Morgan fingerprint density at radius 2 is 1.83 bits per heavy atom. The number of fused-ring (bicyclic) bond motifs is 1. The monoisotopic (exact) mass is 393 g/mol. The molecule has 1 aliphatic heterocycles. The number of hydrogen-bond donors (Lipinski definition) is 0. The molecular formula is C23H24FN3O2. The van der Waals surface area contributed by atoms with Crippen LogP contribution in [0.25, 0.3) is 0 Å². The zero-order valence-corrected chi connectivity index (χ0v) is 16.7. The highest BCUT2D eigenvalue weighted by atomic mass is 19.1. The fourth-order valence-corrected chi connectivity index (χ4v) is 3.68. The molecule has 0 unspecified atom stereocenters. The minimum Gasteiger partial charge on any atom is -0.370 e. The van der Waals surface area contributed by atoms with Gasteiger partial charge in [-0.1, -0.05) is 29.8 Å². The van der Waals surface area contributed by atoms with E-state index in [-0.39, 0.29) is 11.7 Å². The Morgan fingerprint density at radius 1 is 1.10 bits per heavy atom. The largest absolute Gasteiger partial charge is 0.370 e. The van der Waals surface area contributed by atoms with Crippen LogP contribution in [0.1, 0.15) is 38.4 Å². The molecule has 0 bridgehead atoms. The highest BCUT2D eigenvalue weighted by Gasteiger charge is 2.27. The molecule has 1 aromatic heterocycles. The molecule has 0 N–H and O–H groups in total. The van der Waals surface area contributed by atoms with E-state index in [1.807, 2.05) is 11.7 Å². The number of amides is 1. The fraction of sp³-hybridized carbons (Fsp3) is 0.304. The van der Waals surface area contributed by atoms with Crippen LogP contribution in [0.2, 0.25) is 0 Å². The van der Waals surface area contributed by atoms with Gasteiger partial charge in [0.05, 0.1) is 18.9 Å². The summed E-state index contributed by atoms with van der Waals surface area (Å²) in [5.74, 6) is -0.436. The Labute approximate surface area is 169 Å². The van der Waals surface area contributed by atoms with Crippen LogP contribution >= 0.6 is 0 Å². The Balaban J connectivity index is 1.45. The summed E-state index contributed by atoms with van der Waals surface area (Å²) in [6, 6.07) is 14.0. The summed E-state index contributed by atoms with van der Waals surface area (Å²) < 4.78 is 20.9. The van der Waals surface area contributed by atoms with Gasteiger partial charge in [-0.15, -0.1) is 0 Å². The van der Waals surface area contributed by atoms with Gasteiger partial charge < -0.3 is 9.64 Å². The van der Waals surface area contributed by atoms with E-state index in [0.29, 0.717) is 31.9 Å². The van der Waals surface area contributed by atoms with Crippen LogP contribution in [-0.4, -0.2) is 27.1 Å². The zero-order valence-electron chi connectivity index (χ0n) is 16.7. The van der Waals surface area contributed by atoms with Crippen molar-refractivity contribution in [2.45, 2.75) is 33.1 Å². The van der Waals surface area contributed by atoms with Crippen LogP contribution in [0, 0.1) is 12.7 Å². The van der Waals surface area contributed by atoms with Gasteiger partial charge in [-0.3, -0.25) is 9.48 Å². The van der Waals surface area contributed by atoms with Gasteiger partial charge in [0.25, 0.3) is 5.91 Å². The number of carbonyl (C=O) groups excluding carboxylic acids is 1. The molecule has 0 atom stereocenters. The molecule has 0 spiro atoms. The van der Waals surface area contributed by atoms with E-state index in [1.165, 1.54) is 29.8 Å². The zero-order chi connectivity index (χ0) is 20.4. The quantitative estimate of drug-likeness (QED) is 0.663. The molecule has 0 aliphatic carbocycles. The minimum absolute atomic E-state index is 0.0916. The lowest BCUT2D eigenvalue weighted by Crippen LogP contribution is -2.36. The first-order valence-corrected chi connectivity index (χ1v) is 9.73. The summed E-state index contributed by atoms with van der Waals surface area (Å²) in [5, 5.41) is 4.62. The predicted octanol–water partition coefficient (Wildman–Crippen LogP) is 3.78. The molecule has 5 nitrogen and oxygen atoms in total. The summed E-state index contributed by atoms with van der Waals surface area (Å²) in [5.41, 5.74) is 5.90. The van der Waals surface area contributed by atoms with E-state index >= 15 is 0 Å². The van der Waals surface area contributed by atoms with Crippen LogP contribution in [-0.2, 0) is 38.0 Å². The number of aryl methyl sites for hydroxylation is 2. The first-order chi connectivity index (χ1) is 14.0. The molecule has 6 heteroatoms. The van der Waals surface area contributed by atoms with Crippen LogP contribution < -0.4 is 0 Å². The molecule has 0 radical (unpaired) electrons. The van der Waals surface area contributed by atoms with Crippen molar-refractivity contribution in [2.24, 2.45) is 7.05 Å². The number of hydrogen-bond acceptors (Lipinski definition) is 3. The number of benzene rings is 2. The Bertz CT molecular complexity index is 1010. The Kier molecular flexibility index (Phi) is 5.45. The van der Waals surface area contributed by atoms with Crippen molar-refractivity contribution in [2.75, 3.05) is 6.54 Å². The number of carbonyl (C=O) groups is 1. The molecule has 3 aromatic rings. The molecule has 1 amide bonds. The van der Waals surface area contributed by atoms with Crippen molar-refractivity contribution in [1.82, 2.24) is 14.7 Å². The number of nitrogens with zero attached hydrogens (tertiary/aromatic N) is 3. The molecule has 0 fully saturated rings. The topological polar surface area (TPSA) is 47.4 Å². The third-order valence-electron chi connectivity index (χ3n) is 5.33. The van der Waals surface area contributed by atoms with E-state index in [1.54, 1.807) is 4.90 Å². The van der Waals surface area contributed by atoms with E-state index in [4.69, 9.17) is 4.74 Å². The van der Waals surface area contributed by atoms with Gasteiger partial charge in [0.15, 0.2) is 0 Å². The van der Waals surface area contributed by atoms with Gasteiger partial charge >= 0.3 is 0 Å². The van der Waals surface area contributed by atoms with Crippen molar-refractivity contribution in [3.8, 4) is 0 Å². The van der Waals surface area contributed by atoms with Gasteiger partial charge in [0.2, 0.25) is 0 Å². The van der Waals surface area contributed by atoms with Crippen molar-refractivity contribution >= 4 is 5.91 Å². The smallest absolute Gasteiger partial charge is 0.254 e. The average molecular weight is 393 g/mol. The van der Waals surface area contributed by atoms with Gasteiger partial charge in [0.1, 0.15) is 5.82 Å². The standard InChI is InChI=1S/C23H24FN3O2/c1-16-3-5-17(6-4-16)14-29-15-21-20-13-27(12-11-22(20)26(2)25-21)23(28)18-7-9-19(24)10-8-18/h3-10H,11-15H2,1-2H3. The molecule has 0 saturated carbocycles. The number of rotatable bonds is 5. The van der Waals surface area contributed by atoms with Gasteiger partial charge in [-0.2, -0.15) is 5.10 Å². The molecule has 29 heavy (non-hydrogen) atoms. The van der Waals surface area contributed by atoms with E-state index < -0.39 is 0 Å². The van der Waals surface area contributed by atoms with Crippen molar-refractivity contribution in [3.63, 3.8) is 0 Å². The summed E-state index contributed by atoms with van der Waals surface area (Å²) in [6.07, 6.45) is 0.740. The lowest BCUT2D eigenvalue weighted by atomic mass is 10.0. The molecule has 2 heterocycles. The highest BCUT2D eigenvalue weighted by molar-refractivity contribution is 5.94. The highest BCUT2D eigenvalue weighted by Crippen LogP contribution is 2.24. The lowest BCUT2D eigenvalue weighted by Gasteiger charge is -2.28. The summed E-state index contributed by atoms with van der Waals surface area (Å²) in [7, 11) is 1.93. The Morgan fingerprint density at radius 3 is 2.55 bits per heavy atom. The maximum Gasteiger partial charge on any atom is 0.254 e. The summed E-state index contributed by atoms with van der Waals surface area (Å²) in [6.45, 7) is 4.08. The second-order valence-electron chi connectivity index (χ2n) is 7.46. The molecule has 1 aliphatic rings. The van der Waals surface area contributed by atoms with E-state index in [2.05, 4.69) is 36.3 Å². The van der Waals surface area contributed by atoms with Gasteiger partial charge in [-0.05, 0) is 36.8 Å². The van der Waals surface area contributed by atoms with Crippen molar-refractivity contribution < 1.29 is 13.9 Å². The summed E-state index contributed by atoms with van der Waals surface area (Å²) in [4.78, 5) is 14.6. The second-order valence-corrected chi connectivity index (χ2v) is 7.46. The maximum atomic E-state index is 13.2. The molecule has 4 rings (SSSR count). The average Bonchev–Trinajstić information content (AvgIpc) is 3.04. The van der Waals surface area contributed by atoms with Gasteiger partial charge in [0, 0.05) is 43.4 Å². The first-order valence-electron chi connectivity index (χ1n) is 9.73. The molecule has 0 saturated heterocycles. The van der Waals surface area contributed by atoms with E-state index in [0.717, 1.165) is 28.9 Å². The van der Waals surface area contributed by atoms with Crippen LogP contribution in [0.3, 0.4) is 0 Å². The third kappa shape index (κ3) is 4.22. The Hall–Kier alpha value is -2.99. The van der Waals surface area contributed by atoms with Crippen LogP contribution in [0.15, 0.2) is 48.5 Å². The normalized spacial score (nSPS) is 13.4. The molecule has 150 valence electrons. The summed E-state index contributed by atoms with van der Waals surface area (Å²) >= 11 is 0. The molecular weight excluding hydrogens is 369 g/mol. The van der Waals surface area contributed by atoms with E-state index in [9.17, 15) is 9.18 Å². The first kappa shape index (κ1) is 19.3. The van der Waals surface area contributed by atoms with Crippen molar-refractivity contribution in [3.05, 3.63) is 88.0 Å². The number of aromatic nitrogens is 2. The maximum absolute atomic E-state index is 13.2. The van der Waals surface area contributed by atoms with Crippen molar-refractivity contribution in [1.29, 1.82) is 0 Å².